The molecule has 6 nitrogen and oxygen atoms in total. The molecule has 2 N–H and O–H groups in total. The van der Waals surface area contributed by atoms with Crippen LogP contribution in [-0.2, 0) is 9.53 Å². The lowest BCUT2D eigenvalue weighted by atomic mass is 9.92. The number of nitrogens with one attached hydrogen (secondary N) is 2. The van der Waals surface area contributed by atoms with Gasteiger partial charge in [-0.2, -0.15) is 0 Å². The van der Waals surface area contributed by atoms with E-state index in [4.69, 9.17) is 9.47 Å². The fourth-order valence-corrected chi connectivity index (χ4v) is 3.62. The van der Waals surface area contributed by atoms with Crippen LogP contribution in [0.15, 0.2) is 60.2 Å². The van der Waals surface area contributed by atoms with Crippen LogP contribution in [-0.4, -0.2) is 25.2 Å². The van der Waals surface area contributed by atoms with Crippen LogP contribution >= 0.6 is 0 Å². The summed E-state index contributed by atoms with van der Waals surface area (Å²) in [5, 5.41) is 5.68. The predicted molar refractivity (Wildman–Crippen MR) is 120 cm³/mol. The maximum absolute atomic E-state index is 13.0. The highest BCUT2D eigenvalue weighted by Gasteiger charge is 2.35. The van der Waals surface area contributed by atoms with Crippen LogP contribution in [0.5, 0.6) is 5.75 Å². The Balaban J connectivity index is 2.00. The molecule has 0 aromatic heterocycles. The number of urea groups is 1. The van der Waals surface area contributed by atoms with E-state index in [0.29, 0.717) is 23.6 Å². The van der Waals surface area contributed by atoms with E-state index in [1.54, 1.807) is 6.92 Å². The Bertz CT molecular complexity index is 924. The van der Waals surface area contributed by atoms with Gasteiger partial charge >= 0.3 is 12.0 Å². The fraction of sp³-hybridized carbons (Fsp3) is 0.360. The molecule has 0 fully saturated rings. The van der Waals surface area contributed by atoms with Gasteiger partial charge in [-0.1, -0.05) is 74.7 Å². The van der Waals surface area contributed by atoms with Crippen molar-refractivity contribution in [3.63, 3.8) is 0 Å². The summed E-state index contributed by atoms with van der Waals surface area (Å²) in [7, 11) is 0. The third kappa shape index (κ3) is 5.66. The van der Waals surface area contributed by atoms with Crippen molar-refractivity contribution in [2.75, 3.05) is 13.2 Å². The summed E-state index contributed by atoms with van der Waals surface area (Å²) in [5.41, 5.74) is 2.27. The lowest BCUT2D eigenvalue weighted by Gasteiger charge is -2.30. The molecule has 2 aromatic carbocycles. The molecule has 6 heteroatoms. The van der Waals surface area contributed by atoms with Crippen molar-refractivity contribution in [1.29, 1.82) is 0 Å². The number of unbranched alkanes of at least 4 members (excludes halogenated alkanes) is 3. The van der Waals surface area contributed by atoms with Crippen molar-refractivity contribution in [3.8, 4) is 5.75 Å². The van der Waals surface area contributed by atoms with Crippen molar-refractivity contribution >= 4 is 17.7 Å². The number of amides is 2. The number of hydrogen-bond donors (Lipinski definition) is 2. The number of hydrogen-bond acceptors (Lipinski definition) is 4. The van der Waals surface area contributed by atoms with Gasteiger partial charge in [0.15, 0.2) is 0 Å². The molecule has 3 rings (SSSR count). The van der Waals surface area contributed by atoms with Crippen LogP contribution < -0.4 is 15.4 Å². The van der Waals surface area contributed by atoms with Gasteiger partial charge in [-0.25, -0.2) is 9.59 Å². The summed E-state index contributed by atoms with van der Waals surface area (Å²) in [6.45, 7) is 4.75. The molecule has 1 aliphatic rings. The molecular weight excluding hydrogens is 392 g/mol. The van der Waals surface area contributed by atoms with Crippen LogP contribution in [0.2, 0.25) is 0 Å². The lowest BCUT2D eigenvalue weighted by molar-refractivity contribution is -0.138. The summed E-state index contributed by atoms with van der Waals surface area (Å²) >= 11 is 0. The van der Waals surface area contributed by atoms with E-state index in [2.05, 4.69) is 17.6 Å². The highest BCUT2D eigenvalue weighted by Crippen LogP contribution is 2.36. The molecule has 31 heavy (non-hydrogen) atoms. The number of esters is 1. The Kier molecular flexibility index (Phi) is 8.10. The number of rotatable bonds is 10. The van der Waals surface area contributed by atoms with Gasteiger partial charge in [0, 0.05) is 5.56 Å². The van der Waals surface area contributed by atoms with Crippen LogP contribution in [0.4, 0.5) is 4.79 Å². The second kappa shape index (κ2) is 11.2. The zero-order chi connectivity index (χ0) is 22.1. The Morgan fingerprint density at radius 1 is 0.968 bits per heavy atom. The van der Waals surface area contributed by atoms with Crippen molar-refractivity contribution in [2.45, 2.75) is 45.6 Å². The van der Waals surface area contributed by atoms with Crippen molar-refractivity contribution in [2.24, 2.45) is 0 Å². The molecule has 1 unspecified atom stereocenters. The summed E-state index contributed by atoms with van der Waals surface area (Å²) in [5.74, 6) is 0.178. The van der Waals surface area contributed by atoms with Gasteiger partial charge in [0.2, 0.25) is 0 Å². The smallest absolute Gasteiger partial charge is 0.338 e. The topological polar surface area (TPSA) is 76.7 Å². The first kappa shape index (κ1) is 22.4. The van der Waals surface area contributed by atoms with Crippen molar-refractivity contribution in [3.05, 3.63) is 71.3 Å². The van der Waals surface area contributed by atoms with Crippen molar-refractivity contribution < 1.29 is 19.1 Å². The Morgan fingerprint density at radius 3 is 2.45 bits per heavy atom. The molecule has 0 saturated carbocycles. The quantitative estimate of drug-likeness (QED) is 0.418. The average molecular weight is 423 g/mol. The highest BCUT2D eigenvalue weighted by molar-refractivity contribution is 6.04. The molecule has 2 amide bonds. The molecular formula is C25H30N2O4. The number of benzene rings is 2. The van der Waals surface area contributed by atoms with Crippen LogP contribution in [0.25, 0.3) is 5.70 Å². The van der Waals surface area contributed by atoms with Crippen LogP contribution in [0.3, 0.4) is 0 Å². The zero-order valence-corrected chi connectivity index (χ0v) is 18.1. The number of carbonyl (C=O) groups is 2. The Morgan fingerprint density at radius 2 is 1.71 bits per heavy atom. The molecule has 0 saturated heterocycles. The third-order valence-electron chi connectivity index (χ3n) is 5.12. The Labute approximate surface area is 183 Å². The minimum Gasteiger partial charge on any atom is -0.493 e. The first-order valence-corrected chi connectivity index (χ1v) is 10.9. The highest BCUT2D eigenvalue weighted by atomic mass is 16.5. The summed E-state index contributed by atoms with van der Waals surface area (Å²) < 4.78 is 11.4. The molecule has 1 atom stereocenters. The number of ether oxygens (including phenoxy) is 2. The first-order valence-electron chi connectivity index (χ1n) is 10.9. The monoisotopic (exact) mass is 422 g/mol. The second-order valence-corrected chi connectivity index (χ2v) is 7.35. The molecule has 0 bridgehead atoms. The molecule has 0 aliphatic carbocycles. The van der Waals surface area contributed by atoms with Gasteiger partial charge in [-0.05, 0) is 25.0 Å². The molecule has 1 heterocycles. The average Bonchev–Trinajstić information content (AvgIpc) is 2.79. The van der Waals surface area contributed by atoms with E-state index >= 15 is 0 Å². The van der Waals surface area contributed by atoms with E-state index in [1.807, 2.05) is 54.6 Å². The number of carbonyl (C=O) groups excluding carboxylic acids is 2. The summed E-state index contributed by atoms with van der Waals surface area (Å²) in [6, 6.07) is 15.8. The summed E-state index contributed by atoms with van der Waals surface area (Å²) in [6.07, 6.45) is 4.39. The van der Waals surface area contributed by atoms with E-state index in [0.717, 1.165) is 30.4 Å². The molecule has 0 spiro atoms. The number of para-hydroxylation sites is 1. The van der Waals surface area contributed by atoms with Gasteiger partial charge in [-0.3, -0.25) is 0 Å². The molecule has 0 radical (unpaired) electrons. The zero-order valence-electron chi connectivity index (χ0n) is 18.1. The van der Waals surface area contributed by atoms with E-state index in [1.165, 1.54) is 6.42 Å². The fourth-order valence-electron chi connectivity index (χ4n) is 3.62. The molecule has 2 aromatic rings. The minimum absolute atomic E-state index is 0.237. The van der Waals surface area contributed by atoms with Gasteiger partial charge in [0.25, 0.3) is 0 Å². The SMILES string of the molecule is CCCCCCOc1ccccc1C1NC(=O)NC(c2ccccc2)=C1C(=O)OCC. The van der Waals surface area contributed by atoms with Gasteiger partial charge in [0.1, 0.15) is 5.75 Å². The largest absolute Gasteiger partial charge is 0.493 e. The van der Waals surface area contributed by atoms with Crippen LogP contribution in [0.1, 0.15) is 56.7 Å². The van der Waals surface area contributed by atoms with E-state index < -0.39 is 12.0 Å². The first-order chi connectivity index (χ1) is 15.2. The van der Waals surface area contributed by atoms with E-state index in [-0.39, 0.29) is 12.6 Å². The molecule has 164 valence electrons. The standard InChI is InChI=1S/C25H30N2O4/c1-3-5-6-12-17-31-20-16-11-10-15-19(20)23-21(24(28)30-4-2)22(26-25(29)27-23)18-13-8-7-9-14-18/h7-11,13-16,23H,3-6,12,17H2,1-2H3,(H2,26,27,29). The van der Waals surface area contributed by atoms with E-state index in [9.17, 15) is 9.59 Å². The van der Waals surface area contributed by atoms with Gasteiger partial charge in [0.05, 0.1) is 30.5 Å². The van der Waals surface area contributed by atoms with Gasteiger partial charge in [-0.15, -0.1) is 0 Å². The molecule has 1 aliphatic heterocycles. The maximum atomic E-state index is 13.0. The Hall–Kier alpha value is -3.28. The second-order valence-electron chi connectivity index (χ2n) is 7.35. The van der Waals surface area contributed by atoms with Gasteiger partial charge < -0.3 is 20.1 Å². The summed E-state index contributed by atoms with van der Waals surface area (Å²) in [4.78, 5) is 25.6. The maximum Gasteiger partial charge on any atom is 0.338 e. The third-order valence-corrected chi connectivity index (χ3v) is 5.12. The lowest BCUT2D eigenvalue weighted by Crippen LogP contribution is -2.45. The predicted octanol–water partition coefficient (Wildman–Crippen LogP) is 4.97. The van der Waals surface area contributed by atoms with Crippen LogP contribution in [0, 0.1) is 0 Å². The van der Waals surface area contributed by atoms with Crippen molar-refractivity contribution in [1.82, 2.24) is 10.6 Å². The minimum atomic E-state index is -0.685. The normalized spacial score (nSPS) is 15.8.